The molecule has 0 saturated heterocycles. The Morgan fingerprint density at radius 3 is 2.43 bits per heavy atom. The summed E-state index contributed by atoms with van der Waals surface area (Å²) in [5, 5.41) is 4.05. The molecule has 5 rings (SSSR count). The van der Waals surface area contributed by atoms with E-state index >= 15 is 0 Å². The van der Waals surface area contributed by atoms with E-state index in [-0.39, 0.29) is 17.5 Å². The topological polar surface area (TPSA) is 78.2 Å². The first-order chi connectivity index (χ1) is 13.6. The molecule has 0 aliphatic heterocycles. The Morgan fingerprint density at radius 1 is 0.964 bits per heavy atom. The normalized spacial score (nSPS) is 11.7. The molecule has 0 aliphatic rings. The Hall–Kier alpha value is -3.74. The van der Waals surface area contributed by atoms with Crippen molar-refractivity contribution in [1.29, 1.82) is 0 Å². The van der Waals surface area contributed by atoms with Crippen LogP contribution in [0.1, 0.15) is 19.9 Å². The van der Waals surface area contributed by atoms with Gasteiger partial charge in [-0.1, -0.05) is 47.6 Å². The first-order valence-electron chi connectivity index (χ1n) is 9.05. The monoisotopic (exact) mass is 371 g/mol. The minimum Gasteiger partial charge on any atom is -0.332 e. The van der Waals surface area contributed by atoms with Crippen molar-refractivity contribution in [3.63, 3.8) is 0 Å². The summed E-state index contributed by atoms with van der Waals surface area (Å²) in [5.41, 5.74) is 3.27. The fourth-order valence-electron chi connectivity index (χ4n) is 3.52. The van der Waals surface area contributed by atoms with Crippen molar-refractivity contribution in [3.05, 3.63) is 71.3 Å². The summed E-state index contributed by atoms with van der Waals surface area (Å²) in [6.45, 7) is 3.97. The second-order valence-electron chi connectivity index (χ2n) is 6.86. The van der Waals surface area contributed by atoms with E-state index in [0.29, 0.717) is 17.0 Å². The van der Waals surface area contributed by atoms with Gasteiger partial charge in [0.1, 0.15) is 11.8 Å². The van der Waals surface area contributed by atoms with Crippen LogP contribution in [0.5, 0.6) is 0 Å². The number of aromatic nitrogens is 5. The summed E-state index contributed by atoms with van der Waals surface area (Å²) in [6.07, 6.45) is 1.63. The van der Waals surface area contributed by atoms with Gasteiger partial charge in [-0.25, -0.2) is 4.98 Å². The van der Waals surface area contributed by atoms with Crippen LogP contribution in [0.25, 0.3) is 39.5 Å². The number of imidazole rings is 1. The smallest absolute Gasteiger partial charge is 0.279 e. The second kappa shape index (κ2) is 6.16. The predicted molar refractivity (Wildman–Crippen MR) is 106 cm³/mol. The predicted octanol–water partition coefficient (Wildman–Crippen LogP) is 3.95. The molecule has 0 radical (unpaired) electrons. The molecular weight excluding hydrogens is 354 g/mol. The fraction of sp³-hybridized carbons (Fsp3) is 0.143. The largest absolute Gasteiger partial charge is 0.332 e. The van der Waals surface area contributed by atoms with Crippen molar-refractivity contribution in [1.82, 2.24) is 24.1 Å². The maximum absolute atomic E-state index is 13.3. The van der Waals surface area contributed by atoms with E-state index < -0.39 is 0 Å². The van der Waals surface area contributed by atoms with Gasteiger partial charge in [0.15, 0.2) is 5.69 Å². The molecule has 0 amide bonds. The zero-order valence-electron chi connectivity index (χ0n) is 15.4. The molecule has 0 unspecified atom stereocenters. The molecule has 7 heteroatoms. The van der Waals surface area contributed by atoms with Gasteiger partial charge in [-0.05, 0) is 26.0 Å². The molecule has 5 aromatic rings. The molecule has 0 saturated carbocycles. The number of hydrogen-bond donors (Lipinski definition) is 0. The van der Waals surface area contributed by atoms with E-state index in [1.54, 1.807) is 15.3 Å². The highest BCUT2D eigenvalue weighted by molar-refractivity contribution is 5.83. The summed E-state index contributed by atoms with van der Waals surface area (Å²) in [6, 6.07) is 17.3. The lowest BCUT2D eigenvalue weighted by molar-refractivity contribution is 0.431. The maximum atomic E-state index is 13.3. The summed E-state index contributed by atoms with van der Waals surface area (Å²) in [7, 11) is 0. The molecule has 28 heavy (non-hydrogen) atoms. The molecule has 7 nitrogen and oxygen atoms in total. The van der Waals surface area contributed by atoms with E-state index in [1.807, 2.05) is 68.4 Å². The lowest BCUT2D eigenvalue weighted by atomic mass is 10.2. The first kappa shape index (κ1) is 16.4. The first-order valence-corrected chi connectivity index (χ1v) is 9.05. The maximum Gasteiger partial charge on any atom is 0.279 e. The van der Waals surface area contributed by atoms with Gasteiger partial charge in [0.2, 0.25) is 5.82 Å². The summed E-state index contributed by atoms with van der Waals surface area (Å²) in [4.78, 5) is 22.2. The van der Waals surface area contributed by atoms with Gasteiger partial charge >= 0.3 is 0 Å². The average Bonchev–Trinajstić information content (AvgIpc) is 3.36. The minimum absolute atomic E-state index is 0.00675. The van der Waals surface area contributed by atoms with E-state index in [1.165, 1.54) is 0 Å². The van der Waals surface area contributed by atoms with Crippen molar-refractivity contribution in [2.45, 2.75) is 19.9 Å². The van der Waals surface area contributed by atoms with Gasteiger partial charge in [0.25, 0.3) is 11.4 Å². The van der Waals surface area contributed by atoms with Gasteiger partial charge in [0.05, 0.1) is 11.0 Å². The van der Waals surface area contributed by atoms with Crippen LogP contribution in [-0.2, 0) is 0 Å². The summed E-state index contributed by atoms with van der Waals surface area (Å²) >= 11 is 0. The quantitative estimate of drug-likeness (QED) is 0.480. The van der Waals surface area contributed by atoms with E-state index in [2.05, 4.69) is 15.1 Å². The van der Waals surface area contributed by atoms with Gasteiger partial charge in [-0.3, -0.25) is 9.20 Å². The molecule has 0 spiro atoms. The number of hydrogen-bond acceptors (Lipinski definition) is 5. The molecule has 3 heterocycles. The van der Waals surface area contributed by atoms with Crippen molar-refractivity contribution in [2.24, 2.45) is 0 Å². The molecule has 0 bridgehead atoms. The highest BCUT2D eigenvalue weighted by Crippen LogP contribution is 2.26. The lowest BCUT2D eigenvalue weighted by Gasteiger charge is -2.15. The Labute approximate surface area is 159 Å². The number of nitrogens with zero attached hydrogens (tertiary/aromatic N) is 5. The highest BCUT2D eigenvalue weighted by Gasteiger charge is 2.22. The van der Waals surface area contributed by atoms with E-state index in [9.17, 15) is 4.79 Å². The van der Waals surface area contributed by atoms with Gasteiger partial charge in [0, 0.05) is 11.6 Å². The third-order valence-electron chi connectivity index (χ3n) is 4.77. The molecule has 0 atom stereocenters. The van der Waals surface area contributed by atoms with E-state index in [4.69, 9.17) is 4.52 Å². The Kier molecular flexibility index (Phi) is 3.61. The summed E-state index contributed by atoms with van der Waals surface area (Å²) < 4.78 is 9.01. The average molecular weight is 371 g/mol. The van der Waals surface area contributed by atoms with Crippen LogP contribution < -0.4 is 5.56 Å². The highest BCUT2D eigenvalue weighted by atomic mass is 16.5. The van der Waals surface area contributed by atoms with Crippen LogP contribution >= 0.6 is 0 Å². The molecule has 0 N–H and O–H groups in total. The van der Waals surface area contributed by atoms with E-state index in [0.717, 1.165) is 16.6 Å². The number of para-hydroxylation sites is 2. The Morgan fingerprint density at radius 2 is 1.68 bits per heavy atom. The van der Waals surface area contributed by atoms with Crippen molar-refractivity contribution >= 4 is 16.6 Å². The SMILES string of the molecule is CC(C)n1c(=O)c2c(-c3nc(-c4ccccc4)no3)ncn2c2ccccc21. The zero-order valence-corrected chi connectivity index (χ0v) is 15.4. The Bertz CT molecular complexity index is 1360. The molecule has 0 aliphatic carbocycles. The Balaban J connectivity index is 1.79. The standard InChI is InChI=1S/C21H17N5O2/c1-13(2)26-16-11-7-6-10-15(16)25-12-22-17(18(25)21(26)27)20-23-19(24-28-20)14-8-4-3-5-9-14/h3-13H,1-2H3. The number of benzene rings is 2. The van der Waals surface area contributed by atoms with Gasteiger partial charge < -0.3 is 9.09 Å². The third-order valence-corrected chi connectivity index (χ3v) is 4.77. The van der Waals surface area contributed by atoms with Crippen LogP contribution in [0.2, 0.25) is 0 Å². The summed E-state index contributed by atoms with van der Waals surface area (Å²) in [5.74, 6) is 0.686. The van der Waals surface area contributed by atoms with Crippen LogP contribution in [0, 0.1) is 0 Å². The fourth-order valence-corrected chi connectivity index (χ4v) is 3.52. The van der Waals surface area contributed by atoms with Crippen molar-refractivity contribution in [2.75, 3.05) is 0 Å². The lowest BCUT2D eigenvalue weighted by Crippen LogP contribution is -2.24. The van der Waals surface area contributed by atoms with Crippen LogP contribution in [0.4, 0.5) is 0 Å². The minimum atomic E-state index is -0.138. The van der Waals surface area contributed by atoms with Crippen LogP contribution in [0.15, 0.2) is 70.2 Å². The molecule has 3 aromatic heterocycles. The molecular formula is C21H17N5O2. The zero-order chi connectivity index (χ0) is 19.3. The van der Waals surface area contributed by atoms with Crippen LogP contribution in [-0.4, -0.2) is 24.1 Å². The molecule has 138 valence electrons. The second-order valence-corrected chi connectivity index (χ2v) is 6.86. The van der Waals surface area contributed by atoms with Gasteiger partial charge in [-0.15, -0.1) is 0 Å². The number of rotatable bonds is 3. The van der Waals surface area contributed by atoms with Crippen molar-refractivity contribution < 1.29 is 4.52 Å². The number of fused-ring (bicyclic) bond motifs is 3. The van der Waals surface area contributed by atoms with Crippen molar-refractivity contribution in [3.8, 4) is 23.0 Å². The molecule has 2 aromatic carbocycles. The van der Waals surface area contributed by atoms with Gasteiger partial charge in [-0.2, -0.15) is 4.98 Å². The molecule has 0 fully saturated rings. The van der Waals surface area contributed by atoms with Crippen LogP contribution in [0.3, 0.4) is 0 Å². The third kappa shape index (κ3) is 2.36.